The average molecular weight is 558 g/mol. The maximum Gasteiger partial charge on any atom is 0.409 e. The first-order valence-electron chi connectivity index (χ1n) is 13.4. The molecule has 222 valence electrons. The molecular weight excluding hydrogens is 514 g/mol. The zero-order valence-corrected chi connectivity index (χ0v) is 23.4. The minimum absolute atomic E-state index is 0.00464. The number of imide groups is 1. The van der Waals surface area contributed by atoms with Gasteiger partial charge in [0.1, 0.15) is 19.3 Å². The predicted octanol–water partition coefficient (Wildman–Crippen LogP) is 0.394. The molecule has 2 atom stereocenters. The van der Waals surface area contributed by atoms with E-state index in [1.807, 2.05) is 6.92 Å². The van der Waals surface area contributed by atoms with Gasteiger partial charge in [0, 0.05) is 71.6 Å². The van der Waals surface area contributed by atoms with E-state index >= 15 is 0 Å². The standard InChI is InChI=1S/C25H43N5O9/c1-5-10-28-24(35)38-16-19(17-39-25(36)29(4)6-2)37-14-7-8-20(31)26-11-12-27-21(32)9-13-30-22(33)15-18(3)23(30)34/h18-19H,5-17H2,1-4H3,(H,26,31)(H,27,32)(H,28,35). The predicted molar refractivity (Wildman–Crippen MR) is 139 cm³/mol. The SMILES string of the molecule is CCCNC(=O)OCC(COC(=O)N(C)CC)OCCCC(=O)NCCNC(=O)CCN1C(=O)CC(C)C1=O. The number of carbonyl (C=O) groups is 6. The molecule has 3 N–H and O–H groups in total. The molecule has 1 saturated heterocycles. The van der Waals surface area contributed by atoms with Gasteiger partial charge < -0.3 is 35.1 Å². The minimum Gasteiger partial charge on any atom is -0.447 e. The lowest BCUT2D eigenvalue weighted by atomic mass is 10.1. The number of ether oxygens (including phenoxy) is 3. The Labute approximate surface area is 229 Å². The summed E-state index contributed by atoms with van der Waals surface area (Å²) in [6, 6.07) is 0. The van der Waals surface area contributed by atoms with Crippen LogP contribution in [0.15, 0.2) is 0 Å². The van der Waals surface area contributed by atoms with Gasteiger partial charge in [0.25, 0.3) is 0 Å². The molecule has 1 aliphatic rings. The molecule has 0 aliphatic carbocycles. The fraction of sp³-hybridized carbons (Fsp3) is 0.760. The van der Waals surface area contributed by atoms with Gasteiger partial charge >= 0.3 is 12.2 Å². The molecule has 0 saturated carbocycles. The second-order valence-corrected chi connectivity index (χ2v) is 9.15. The van der Waals surface area contributed by atoms with E-state index in [0.717, 1.165) is 11.3 Å². The molecular formula is C25H43N5O9. The van der Waals surface area contributed by atoms with Crippen LogP contribution in [0.4, 0.5) is 9.59 Å². The summed E-state index contributed by atoms with van der Waals surface area (Å²) >= 11 is 0. The number of nitrogens with one attached hydrogen (secondary N) is 3. The number of likely N-dealkylation sites (tertiary alicyclic amines) is 1. The molecule has 0 radical (unpaired) electrons. The molecule has 0 aromatic heterocycles. The van der Waals surface area contributed by atoms with E-state index in [4.69, 9.17) is 14.2 Å². The lowest BCUT2D eigenvalue weighted by molar-refractivity contribution is -0.139. The summed E-state index contributed by atoms with van der Waals surface area (Å²) in [5.41, 5.74) is 0. The average Bonchev–Trinajstić information content (AvgIpc) is 3.16. The van der Waals surface area contributed by atoms with E-state index in [1.165, 1.54) is 4.90 Å². The van der Waals surface area contributed by atoms with Gasteiger partial charge in [-0.2, -0.15) is 0 Å². The van der Waals surface area contributed by atoms with Gasteiger partial charge in [-0.15, -0.1) is 0 Å². The lowest BCUT2D eigenvalue weighted by Crippen LogP contribution is -2.38. The fourth-order valence-corrected chi connectivity index (χ4v) is 3.35. The molecule has 6 amide bonds. The number of rotatable bonds is 18. The van der Waals surface area contributed by atoms with Crippen LogP contribution >= 0.6 is 0 Å². The van der Waals surface area contributed by atoms with E-state index in [0.29, 0.717) is 19.5 Å². The Bertz CT molecular complexity index is 839. The normalized spacial score (nSPS) is 15.5. The van der Waals surface area contributed by atoms with E-state index in [9.17, 15) is 28.8 Å². The minimum atomic E-state index is -0.695. The van der Waals surface area contributed by atoms with E-state index in [-0.39, 0.29) is 88.3 Å². The molecule has 14 heteroatoms. The van der Waals surface area contributed by atoms with Crippen LogP contribution in [0, 0.1) is 5.92 Å². The van der Waals surface area contributed by atoms with Gasteiger partial charge in [-0.3, -0.25) is 24.1 Å². The van der Waals surface area contributed by atoms with Gasteiger partial charge in [0.15, 0.2) is 0 Å². The smallest absolute Gasteiger partial charge is 0.409 e. The van der Waals surface area contributed by atoms with Crippen LogP contribution in [0.2, 0.25) is 0 Å². The Kier molecular flexibility index (Phi) is 16.2. The van der Waals surface area contributed by atoms with Crippen molar-refractivity contribution in [2.24, 2.45) is 5.92 Å². The van der Waals surface area contributed by atoms with Crippen LogP contribution in [-0.2, 0) is 33.4 Å². The Morgan fingerprint density at radius 1 is 0.974 bits per heavy atom. The fourth-order valence-electron chi connectivity index (χ4n) is 3.35. The largest absolute Gasteiger partial charge is 0.447 e. The zero-order chi connectivity index (χ0) is 29.2. The van der Waals surface area contributed by atoms with E-state index < -0.39 is 18.3 Å². The summed E-state index contributed by atoms with van der Waals surface area (Å²) < 4.78 is 16.0. The molecule has 0 spiro atoms. The molecule has 39 heavy (non-hydrogen) atoms. The van der Waals surface area contributed by atoms with Crippen molar-refractivity contribution in [2.75, 3.05) is 59.6 Å². The number of hydrogen-bond acceptors (Lipinski definition) is 9. The maximum atomic E-state index is 12.1. The second kappa shape index (κ2) is 18.8. The van der Waals surface area contributed by atoms with Crippen molar-refractivity contribution in [2.45, 2.75) is 59.0 Å². The van der Waals surface area contributed by atoms with Crippen molar-refractivity contribution in [3.63, 3.8) is 0 Å². The lowest BCUT2D eigenvalue weighted by Gasteiger charge is -2.20. The van der Waals surface area contributed by atoms with Gasteiger partial charge in [-0.1, -0.05) is 13.8 Å². The highest BCUT2D eigenvalue weighted by Crippen LogP contribution is 2.18. The third kappa shape index (κ3) is 13.8. The summed E-state index contributed by atoms with van der Waals surface area (Å²) in [5.74, 6) is -1.43. The zero-order valence-electron chi connectivity index (χ0n) is 23.4. The van der Waals surface area contributed by atoms with Gasteiger partial charge in [-0.25, -0.2) is 9.59 Å². The first-order valence-corrected chi connectivity index (χ1v) is 13.4. The van der Waals surface area contributed by atoms with Crippen LogP contribution in [-0.4, -0.2) is 111 Å². The maximum absolute atomic E-state index is 12.1. The summed E-state index contributed by atoms with van der Waals surface area (Å²) in [5, 5.41) is 7.90. The van der Waals surface area contributed by atoms with Crippen LogP contribution < -0.4 is 16.0 Å². The highest BCUT2D eigenvalue weighted by Gasteiger charge is 2.35. The van der Waals surface area contributed by atoms with Gasteiger partial charge in [0.2, 0.25) is 23.6 Å². The number of alkyl carbamates (subject to hydrolysis) is 1. The first kappa shape index (κ1) is 33.6. The Morgan fingerprint density at radius 2 is 1.62 bits per heavy atom. The van der Waals surface area contributed by atoms with Crippen molar-refractivity contribution in [3.05, 3.63) is 0 Å². The Balaban J connectivity index is 2.25. The van der Waals surface area contributed by atoms with Crippen molar-refractivity contribution in [3.8, 4) is 0 Å². The molecule has 0 aromatic carbocycles. The molecule has 0 aromatic rings. The molecule has 1 heterocycles. The highest BCUT2D eigenvalue weighted by atomic mass is 16.6. The summed E-state index contributed by atoms with van der Waals surface area (Å²) in [7, 11) is 1.59. The van der Waals surface area contributed by atoms with E-state index in [1.54, 1.807) is 20.9 Å². The first-order chi connectivity index (χ1) is 18.6. The number of amides is 6. The molecule has 14 nitrogen and oxygen atoms in total. The van der Waals surface area contributed by atoms with Crippen molar-refractivity contribution in [1.82, 2.24) is 25.8 Å². The summed E-state index contributed by atoms with van der Waals surface area (Å²) in [4.78, 5) is 73.7. The third-order valence-corrected chi connectivity index (χ3v) is 5.80. The Hall–Kier alpha value is -3.42. The third-order valence-electron chi connectivity index (χ3n) is 5.80. The van der Waals surface area contributed by atoms with Crippen LogP contribution in [0.25, 0.3) is 0 Å². The van der Waals surface area contributed by atoms with Crippen LogP contribution in [0.3, 0.4) is 0 Å². The second-order valence-electron chi connectivity index (χ2n) is 9.15. The van der Waals surface area contributed by atoms with E-state index in [2.05, 4.69) is 16.0 Å². The van der Waals surface area contributed by atoms with Crippen molar-refractivity contribution in [1.29, 1.82) is 0 Å². The quantitative estimate of drug-likeness (QED) is 0.159. The summed E-state index contributed by atoms with van der Waals surface area (Å²) in [6.45, 7) is 6.74. The molecule has 1 fully saturated rings. The van der Waals surface area contributed by atoms with Crippen molar-refractivity contribution >= 4 is 35.8 Å². The summed E-state index contributed by atoms with van der Waals surface area (Å²) in [6.07, 6.45) is -0.352. The van der Waals surface area contributed by atoms with Gasteiger partial charge in [0.05, 0.1) is 0 Å². The monoisotopic (exact) mass is 557 g/mol. The van der Waals surface area contributed by atoms with Crippen LogP contribution in [0.5, 0.6) is 0 Å². The molecule has 2 unspecified atom stereocenters. The number of carbonyl (C=O) groups excluding carboxylic acids is 6. The topological polar surface area (TPSA) is 173 Å². The highest BCUT2D eigenvalue weighted by molar-refractivity contribution is 6.03. The molecule has 1 rings (SSSR count). The molecule has 1 aliphatic heterocycles. The van der Waals surface area contributed by atoms with Crippen LogP contribution in [0.1, 0.15) is 52.9 Å². The Morgan fingerprint density at radius 3 is 2.21 bits per heavy atom. The molecule has 0 bridgehead atoms. The van der Waals surface area contributed by atoms with Crippen molar-refractivity contribution < 1.29 is 43.0 Å². The van der Waals surface area contributed by atoms with Gasteiger partial charge in [-0.05, 0) is 19.8 Å². The number of nitrogens with zero attached hydrogens (tertiary/aromatic N) is 2. The number of hydrogen-bond donors (Lipinski definition) is 3.